The zero-order chi connectivity index (χ0) is 8.27. The lowest BCUT2D eigenvalue weighted by atomic mass is 10.2. The molecule has 1 rings (SSSR count). The van der Waals surface area contributed by atoms with Crippen LogP contribution in [0.4, 0.5) is 0 Å². The lowest BCUT2D eigenvalue weighted by Gasteiger charge is -2.01. The Bertz CT molecular complexity index is 250. The number of hydrogen-bond donors (Lipinski definition) is 1. The molecule has 0 fully saturated rings. The van der Waals surface area contributed by atoms with Gasteiger partial charge in [0.2, 0.25) is 0 Å². The molecular formula is C8H10BrNO. The van der Waals surface area contributed by atoms with Crippen LogP contribution in [0.5, 0.6) is 0 Å². The fourth-order valence-corrected chi connectivity index (χ4v) is 1.18. The number of rotatable bonds is 2. The van der Waals surface area contributed by atoms with Crippen molar-refractivity contribution in [1.82, 2.24) is 4.98 Å². The number of aliphatic hydroxyl groups is 1. The quantitative estimate of drug-likeness (QED) is 0.818. The summed E-state index contributed by atoms with van der Waals surface area (Å²) in [5.41, 5.74) is 1.72. The molecule has 1 N–H and O–H groups in total. The highest BCUT2D eigenvalue weighted by atomic mass is 79.9. The third kappa shape index (κ3) is 2.01. The molecule has 0 bridgehead atoms. The summed E-state index contributed by atoms with van der Waals surface area (Å²) in [6.07, 6.45) is 0.903. The summed E-state index contributed by atoms with van der Waals surface area (Å²) < 4.78 is 0.872. The molecule has 11 heavy (non-hydrogen) atoms. The Balaban J connectivity index is 3.02. The van der Waals surface area contributed by atoms with Gasteiger partial charge < -0.3 is 5.11 Å². The van der Waals surface area contributed by atoms with E-state index in [0.717, 1.165) is 16.6 Å². The number of hydrogen-bond acceptors (Lipinski definition) is 2. The molecule has 0 aliphatic carbocycles. The van der Waals surface area contributed by atoms with E-state index in [1.807, 2.05) is 19.1 Å². The predicted molar refractivity (Wildman–Crippen MR) is 47.2 cm³/mol. The summed E-state index contributed by atoms with van der Waals surface area (Å²) in [6, 6.07) is 3.86. The van der Waals surface area contributed by atoms with Crippen LogP contribution in [0.2, 0.25) is 0 Å². The number of aromatic nitrogens is 1. The fourth-order valence-electron chi connectivity index (χ4n) is 0.837. The second kappa shape index (κ2) is 3.83. The van der Waals surface area contributed by atoms with Crippen LogP contribution in [0.3, 0.4) is 0 Å². The minimum absolute atomic E-state index is 0.00553. The highest BCUT2D eigenvalue weighted by Gasteiger charge is 1.99. The average molecular weight is 216 g/mol. The molecule has 0 aliphatic rings. The molecule has 0 amide bonds. The molecule has 1 heterocycles. The Morgan fingerprint density at radius 3 is 2.82 bits per heavy atom. The molecular weight excluding hydrogens is 206 g/mol. The van der Waals surface area contributed by atoms with Gasteiger partial charge in [-0.2, -0.15) is 0 Å². The van der Waals surface area contributed by atoms with Crippen molar-refractivity contribution in [3.63, 3.8) is 0 Å². The first kappa shape index (κ1) is 8.68. The third-order valence-corrected chi connectivity index (χ3v) is 2.21. The Hall–Kier alpha value is -0.410. The standard InChI is InChI=1S/C8H10BrNO/c1-2-6-3-4-7(9)8(5-11)10-6/h3-4,11H,2,5H2,1H3. The maximum Gasteiger partial charge on any atom is 0.0864 e. The smallest absolute Gasteiger partial charge is 0.0864 e. The topological polar surface area (TPSA) is 33.1 Å². The van der Waals surface area contributed by atoms with E-state index in [2.05, 4.69) is 20.9 Å². The highest BCUT2D eigenvalue weighted by molar-refractivity contribution is 9.10. The molecule has 0 saturated carbocycles. The zero-order valence-corrected chi connectivity index (χ0v) is 7.93. The van der Waals surface area contributed by atoms with Gasteiger partial charge in [0.1, 0.15) is 0 Å². The molecule has 0 aromatic carbocycles. The molecule has 1 aromatic heterocycles. The molecule has 0 unspecified atom stereocenters. The fraction of sp³-hybridized carbons (Fsp3) is 0.375. The number of pyridine rings is 1. The van der Waals surface area contributed by atoms with Crippen LogP contribution in [0.1, 0.15) is 18.3 Å². The van der Waals surface area contributed by atoms with E-state index in [4.69, 9.17) is 5.11 Å². The van der Waals surface area contributed by atoms with Gasteiger partial charge >= 0.3 is 0 Å². The van der Waals surface area contributed by atoms with E-state index < -0.39 is 0 Å². The van der Waals surface area contributed by atoms with Crippen LogP contribution in [0.15, 0.2) is 16.6 Å². The predicted octanol–water partition coefficient (Wildman–Crippen LogP) is 1.90. The minimum Gasteiger partial charge on any atom is -0.390 e. The van der Waals surface area contributed by atoms with Gasteiger partial charge in [-0.3, -0.25) is 4.98 Å². The first-order valence-corrected chi connectivity index (χ1v) is 4.32. The third-order valence-electron chi connectivity index (χ3n) is 1.49. The first-order chi connectivity index (χ1) is 5.27. The van der Waals surface area contributed by atoms with E-state index in [1.165, 1.54) is 0 Å². The maximum absolute atomic E-state index is 8.85. The molecule has 0 aliphatic heterocycles. The van der Waals surface area contributed by atoms with Crippen LogP contribution >= 0.6 is 15.9 Å². The van der Waals surface area contributed by atoms with Gasteiger partial charge in [-0.15, -0.1) is 0 Å². The lowest BCUT2D eigenvalue weighted by Crippen LogP contribution is -1.94. The molecule has 3 heteroatoms. The van der Waals surface area contributed by atoms with Crippen molar-refractivity contribution < 1.29 is 5.11 Å². The van der Waals surface area contributed by atoms with E-state index in [0.29, 0.717) is 5.69 Å². The monoisotopic (exact) mass is 215 g/mol. The van der Waals surface area contributed by atoms with Crippen molar-refractivity contribution in [2.75, 3.05) is 0 Å². The number of nitrogens with zero attached hydrogens (tertiary/aromatic N) is 1. The van der Waals surface area contributed by atoms with Crippen LogP contribution in [-0.2, 0) is 13.0 Å². The largest absolute Gasteiger partial charge is 0.390 e. The first-order valence-electron chi connectivity index (χ1n) is 3.53. The van der Waals surface area contributed by atoms with Crippen LogP contribution < -0.4 is 0 Å². The molecule has 0 saturated heterocycles. The van der Waals surface area contributed by atoms with Gasteiger partial charge in [0.25, 0.3) is 0 Å². The lowest BCUT2D eigenvalue weighted by molar-refractivity contribution is 0.275. The average Bonchev–Trinajstić information content (AvgIpc) is 2.05. The van der Waals surface area contributed by atoms with Crippen LogP contribution in [0.25, 0.3) is 0 Å². The minimum atomic E-state index is -0.00553. The molecule has 2 nitrogen and oxygen atoms in total. The van der Waals surface area contributed by atoms with Gasteiger partial charge in [-0.1, -0.05) is 6.92 Å². The zero-order valence-electron chi connectivity index (χ0n) is 6.34. The van der Waals surface area contributed by atoms with Crippen LogP contribution in [-0.4, -0.2) is 10.1 Å². The molecule has 60 valence electrons. The molecule has 1 aromatic rings. The van der Waals surface area contributed by atoms with Crippen molar-refractivity contribution in [3.8, 4) is 0 Å². The van der Waals surface area contributed by atoms with Crippen molar-refractivity contribution in [3.05, 3.63) is 28.0 Å². The number of halogens is 1. The number of aryl methyl sites for hydroxylation is 1. The Kier molecular flexibility index (Phi) is 3.02. The maximum atomic E-state index is 8.85. The van der Waals surface area contributed by atoms with E-state index in [9.17, 15) is 0 Å². The summed E-state index contributed by atoms with van der Waals surface area (Å²) in [5.74, 6) is 0. The Labute approximate surface area is 74.4 Å². The van der Waals surface area contributed by atoms with E-state index in [1.54, 1.807) is 0 Å². The summed E-state index contributed by atoms with van der Waals surface area (Å²) in [5, 5.41) is 8.85. The Morgan fingerprint density at radius 1 is 1.55 bits per heavy atom. The molecule has 0 atom stereocenters. The summed E-state index contributed by atoms with van der Waals surface area (Å²) in [6.45, 7) is 2.03. The highest BCUT2D eigenvalue weighted by Crippen LogP contribution is 2.14. The molecule has 0 radical (unpaired) electrons. The van der Waals surface area contributed by atoms with Gasteiger partial charge in [-0.05, 0) is 34.5 Å². The second-order valence-electron chi connectivity index (χ2n) is 2.24. The van der Waals surface area contributed by atoms with Crippen molar-refractivity contribution >= 4 is 15.9 Å². The second-order valence-corrected chi connectivity index (χ2v) is 3.10. The summed E-state index contributed by atoms with van der Waals surface area (Å²) >= 11 is 3.30. The normalized spacial score (nSPS) is 10.1. The van der Waals surface area contributed by atoms with Gasteiger partial charge in [0, 0.05) is 10.2 Å². The summed E-state index contributed by atoms with van der Waals surface area (Å²) in [7, 11) is 0. The van der Waals surface area contributed by atoms with Crippen molar-refractivity contribution in [2.24, 2.45) is 0 Å². The van der Waals surface area contributed by atoms with Crippen molar-refractivity contribution in [1.29, 1.82) is 0 Å². The number of aliphatic hydroxyl groups excluding tert-OH is 1. The van der Waals surface area contributed by atoms with Crippen molar-refractivity contribution in [2.45, 2.75) is 20.0 Å². The van der Waals surface area contributed by atoms with Gasteiger partial charge in [0.05, 0.1) is 12.3 Å². The van der Waals surface area contributed by atoms with Crippen LogP contribution in [0, 0.1) is 0 Å². The summed E-state index contributed by atoms with van der Waals surface area (Å²) in [4.78, 5) is 4.21. The Morgan fingerprint density at radius 2 is 2.27 bits per heavy atom. The van der Waals surface area contributed by atoms with Gasteiger partial charge in [-0.25, -0.2) is 0 Å². The SMILES string of the molecule is CCc1ccc(Br)c(CO)n1. The van der Waals surface area contributed by atoms with E-state index >= 15 is 0 Å². The van der Waals surface area contributed by atoms with Gasteiger partial charge in [0.15, 0.2) is 0 Å². The molecule has 0 spiro atoms. The van der Waals surface area contributed by atoms with E-state index in [-0.39, 0.29) is 6.61 Å².